The van der Waals surface area contributed by atoms with E-state index in [1.807, 2.05) is 38.3 Å². The number of ether oxygens (including phenoxy) is 1. The Labute approximate surface area is 139 Å². The topological polar surface area (TPSA) is 59.5 Å². The van der Waals surface area contributed by atoms with E-state index in [1.54, 1.807) is 23.4 Å². The van der Waals surface area contributed by atoms with Crippen LogP contribution in [0.1, 0.15) is 41.6 Å². The minimum atomic E-state index is -0.573. The van der Waals surface area contributed by atoms with Crippen molar-refractivity contribution in [2.75, 3.05) is 0 Å². The minimum Gasteiger partial charge on any atom is -0.444 e. The van der Waals surface area contributed by atoms with Crippen LogP contribution in [0.3, 0.4) is 0 Å². The Morgan fingerprint density at radius 1 is 1.26 bits per heavy atom. The number of hydrogen-bond donors (Lipinski definition) is 0. The third-order valence-electron chi connectivity index (χ3n) is 3.02. The molecule has 0 N–H and O–H groups in total. The van der Waals surface area contributed by atoms with Crippen LogP contribution >= 0.6 is 11.3 Å². The number of aldehydes is 1. The van der Waals surface area contributed by atoms with Gasteiger partial charge in [0.2, 0.25) is 0 Å². The van der Waals surface area contributed by atoms with E-state index in [2.05, 4.69) is 4.98 Å². The quantitative estimate of drug-likeness (QED) is 0.779. The van der Waals surface area contributed by atoms with E-state index < -0.39 is 11.7 Å². The van der Waals surface area contributed by atoms with E-state index in [0.29, 0.717) is 18.7 Å². The van der Waals surface area contributed by atoms with Crippen molar-refractivity contribution in [1.82, 2.24) is 9.88 Å². The largest absolute Gasteiger partial charge is 0.444 e. The van der Waals surface area contributed by atoms with Gasteiger partial charge in [0.15, 0.2) is 6.29 Å². The van der Waals surface area contributed by atoms with E-state index in [9.17, 15) is 9.59 Å². The summed E-state index contributed by atoms with van der Waals surface area (Å²) < 4.78 is 5.48. The summed E-state index contributed by atoms with van der Waals surface area (Å²) in [4.78, 5) is 30.0. The molecule has 6 heteroatoms. The molecule has 0 aliphatic rings. The summed E-state index contributed by atoms with van der Waals surface area (Å²) in [5.74, 6) is 0. The standard InChI is InChI=1S/C17H20N2O3S/c1-17(2,3)22-16(21)19(10-13-4-7-18-8-5-13)11-15-14(12-20)6-9-23-15/h4-9,12H,10-11H2,1-3H3. The number of nitrogens with zero attached hydrogens (tertiary/aromatic N) is 2. The number of carbonyl (C=O) groups excluding carboxylic acids is 2. The number of aromatic nitrogens is 1. The lowest BCUT2D eigenvalue weighted by Crippen LogP contribution is -2.36. The maximum atomic E-state index is 12.5. The molecule has 5 nitrogen and oxygen atoms in total. The molecule has 23 heavy (non-hydrogen) atoms. The molecule has 0 unspecified atom stereocenters. The second-order valence-corrected chi connectivity index (χ2v) is 7.11. The zero-order valence-electron chi connectivity index (χ0n) is 13.5. The molecule has 0 saturated carbocycles. The van der Waals surface area contributed by atoms with Crippen molar-refractivity contribution in [2.24, 2.45) is 0 Å². The second kappa shape index (κ2) is 7.37. The third-order valence-corrected chi connectivity index (χ3v) is 3.94. The van der Waals surface area contributed by atoms with Gasteiger partial charge in [-0.2, -0.15) is 0 Å². The molecular formula is C17H20N2O3S. The van der Waals surface area contributed by atoms with Gasteiger partial charge in [-0.15, -0.1) is 11.3 Å². The number of amides is 1. The predicted molar refractivity (Wildman–Crippen MR) is 89.4 cm³/mol. The van der Waals surface area contributed by atoms with Crippen LogP contribution in [-0.2, 0) is 17.8 Å². The molecular weight excluding hydrogens is 312 g/mol. The van der Waals surface area contributed by atoms with Crippen LogP contribution in [0.4, 0.5) is 4.79 Å². The van der Waals surface area contributed by atoms with E-state index in [4.69, 9.17) is 4.74 Å². The van der Waals surface area contributed by atoms with Gasteiger partial charge in [0.25, 0.3) is 0 Å². The average Bonchev–Trinajstić information content (AvgIpc) is 2.93. The molecule has 0 saturated heterocycles. The highest BCUT2D eigenvalue weighted by Crippen LogP contribution is 2.21. The second-order valence-electron chi connectivity index (χ2n) is 6.11. The van der Waals surface area contributed by atoms with Crippen LogP contribution in [0, 0.1) is 0 Å². The van der Waals surface area contributed by atoms with Crippen LogP contribution in [-0.4, -0.2) is 27.9 Å². The number of thiophene rings is 1. The molecule has 0 aromatic carbocycles. The van der Waals surface area contributed by atoms with Gasteiger partial charge in [-0.05, 0) is 49.9 Å². The average molecular weight is 332 g/mol. The molecule has 2 aromatic rings. The third kappa shape index (κ3) is 5.17. The lowest BCUT2D eigenvalue weighted by molar-refractivity contribution is 0.0218. The minimum absolute atomic E-state index is 0.336. The maximum Gasteiger partial charge on any atom is 0.410 e. The fourth-order valence-corrected chi connectivity index (χ4v) is 2.84. The smallest absolute Gasteiger partial charge is 0.410 e. The van der Waals surface area contributed by atoms with Gasteiger partial charge in [0.05, 0.1) is 6.54 Å². The Morgan fingerprint density at radius 2 is 1.96 bits per heavy atom. The highest BCUT2D eigenvalue weighted by Gasteiger charge is 2.23. The van der Waals surface area contributed by atoms with Crippen LogP contribution in [0.2, 0.25) is 0 Å². The van der Waals surface area contributed by atoms with E-state index in [-0.39, 0.29) is 0 Å². The van der Waals surface area contributed by atoms with Crippen LogP contribution < -0.4 is 0 Å². The van der Waals surface area contributed by atoms with Crippen molar-refractivity contribution in [3.8, 4) is 0 Å². The van der Waals surface area contributed by atoms with Crippen molar-refractivity contribution in [3.63, 3.8) is 0 Å². The SMILES string of the molecule is CC(C)(C)OC(=O)N(Cc1ccncc1)Cc1sccc1C=O. The fourth-order valence-electron chi connectivity index (χ4n) is 1.98. The summed E-state index contributed by atoms with van der Waals surface area (Å²) in [6.07, 6.45) is 3.78. The molecule has 0 aliphatic heterocycles. The van der Waals surface area contributed by atoms with Gasteiger partial charge in [0, 0.05) is 29.4 Å². The summed E-state index contributed by atoms with van der Waals surface area (Å²) in [6.45, 7) is 6.23. The summed E-state index contributed by atoms with van der Waals surface area (Å²) in [5.41, 5.74) is 0.990. The van der Waals surface area contributed by atoms with Gasteiger partial charge in [-0.1, -0.05) is 0 Å². The van der Waals surface area contributed by atoms with Crippen molar-refractivity contribution in [2.45, 2.75) is 39.5 Å². The number of hydrogen-bond acceptors (Lipinski definition) is 5. The molecule has 2 rings (SSSR count). The molecule has 0 aliphatic carbocycles. The van der Waals surface area contributed by atoms with Crippen molar-refractivity contribution in [1.29, 1.82) is 0 Å². The first-order valence-electron chi connectivity index (χ1n) is 7.27. The van der Waals surface area contributed by atoms with Crippen molar-refractivity contribution >= 4 is 23.7 Å². The van der Waals surface area contributed by atoms with Crippen LogP contribution in [0.15, 0.2) is 36.0 Å². The molecule has 0 spiro atoms. The van der Waals surface area contributed by atoms with Crippen molar-refractivity contribution < 1.29 is 14.3 Å². The predicted octanol–water partition coefficient (Wildman–Crippen LogP) is 3.89. The first-order valence-corrected chi connectivity index (χ1v) is 8.15. The Balaban J connectivity index is 2.20. The monoisotopic (exact) mass is 332 g/mol. The lowest BCUT2D eigenvalue weighted by atomic mass is 10.2. The fraction of sp³-hybridized carbons (Fsp3) is 0.353. The van der Waals surface area contributed by atoms with Crippen LogP contribution in [0.5, 0.6) is 0 Å². The molecule has 1 amide bonds. The summed E-state index contributed by atoms with van der Waals surface area (Å²) in [5, 5.41) is 1.85. The first-order chi connectivity index (χ1) is 10.9. The Morgan fingerprint density at radius 3 is 2.57 bits per heavy atom. The van der Waals surface area contributed by atoms with Crippen molar-refractivity contribution in [3.05, 3.63) is 52.0 Å². The molecule has 0 atom stereocenters. The van der Waals surface area contributed by atoms with Gasteiger partial charge in [-0.3, -0.25) is 14.7 Å². The Kier molecular flexibility index (Phi) is 5.50. The molecule has 2 heterocycles. The zero-order chi connectivity index (χ0) is 16.9. The van der Waals surface area contributed by atoms with Gasteiger partial charge in [-0.25, -0.2) is 4.79 Å². The Bertz CT molecular complexity index is 662. The van der Waals surface area contributed by atoms with E-state index >= 15 is 0 Å². The first kappa shape index (κ1) is 17.1. The van der Waals surface area contributed by atoms with Gasteiger partial charge >= 0.3 is 6.09 Å². The molecule has 0 radical (unpaired) electrons. The molecule has 0 bridgehead atoms. The number of rotatable bonds is 5. The Hall–Kier alpha value is -2.21. The van der Waals surface area contributed by atoms with Gasteiger partial charge < -0.3 is 4.74 Å². The maximum absolute atomic E-state index is 12.5. The highest BCUT2D eigenvalue weighted by molar-refractivity contribution is 7.10. The number of carbonyl (C=O) groups is 2. The summed E-state index contributed by atoms with van der Waals surface area (Å²) >= 11 is 1.46. The normalized spacial score (nSPS) is 11.1. The molecule has 2 aromatic heterocycles. The molecule has 122 valence electrons. The lowest BCUT2D eigenvalue weighted by Gasteiger charge is -2.27. The van der Waals surface area contributed by atoms with E-state index in [0.717, 1.165) is 16.7 Å². The summed E-state index contributed by atoms with van der Waals surface area (Å²) in [6, 6.07) is 5.46. The number of pyridine rings is 1. The van der Waals surface area contributed by atoms with Gasteiger partial charge in [0.1, 0.15) is 5.60 Å². The highest BCUT2D eigenvalue weighted by atomic mass is 32.1. The van der Waals surface area contributed by atoms with Crippen LogP contribution in [0.25, 0.3) is 0 Å². The molecule has 0 fully saturated rings. The van der Waals surface area contributed by atoms with E-state index in [1.165, 1.54) is 11.3 Å². The summed E-state index contributed by atoms with van der Waals surface area (Å²) in [7, 11) is 0. The zero-order valence-corrected chi connectivity index (χ0v) is 14.3.